The van der Waals surface area contributed by atoms with Crippen LogP contribution in [0.25, 0.3) is 0 Å². The predicted octanol–water partition coefficient (Wildman–Crippen LogP) is 5.07. The molecular weight excluding hydrogens is 362 g/mol. The molecule has 2 unspecified atom stereocenters. The first kappa shape index (κ1) is 19.2. The Balaban J connectivity index is 2.22. The zero-order chi connectivity index (χ0) is 18.8. The van der Waals surface area contributed by atoms with E-state index in [0.717, 1.165) is 40.9 Å². The van der Waals surface area contributed by atoms with E-state index in [1.54, 1.807) is 7.11 Å². The first-order chi connectivity index (χ1) is 12.4. The third kappa shape index (κ3) is 3.61. The zero-order valence-corrected chi connectivity index (χ0v) is 17.4. The van der Waals surface area contributed by atoms with Crippen molar-refractivity contribution < 1.29 is 13.9 Å². The highest BCUT2D eigenvalue weighted by molar-refractivity contribution is 7.83. The quantitative estimate of drug-likeness (QED) is 0.672. The van der Waals surface area contributed by atoms with Crippen molar-refractivity contribution >= 4 is 24.9 Å². The molecule has 0 N–H and O–H groups in total. The number of hydrogen-bond acceptors (Lipinski definition) is 3. The molecule has 0 fully saturated rings. The molecule has 2 aromatic rings. The number of benzene rings is 2. The number of ether oxygens (including phenoxy) is 1. The van der Waals surface area contributed by atoms with E-state index in [2.05, 4.69) is 6.08 Å². The number of hydrogen-bond donors (Lipinski definition) is 0. The Labute approximate surface area is 156 Å². The summed E-state index contributed by atoms with van der Waals surface area (Å²) in [7, 11) is -3.84. The maximum atomic E-state index is 14.6. The lowest BCUT2D eigenvalue weighted by Gasteiger charge is -2.33. The first-order valence-electron chi connectivity index (χ1n) is 8.93. The van der Waals surface area contributed by atoms with Crippen molar-refractivity contribution in [1.82, 2.24) is 0 Å². The molecule has 0 radical (unpaired) electrons. The minimum absolute atomic E-state index is 0.121. The summed E-state index contributed by atoms with van der Waals surface area (Å²) in [6, 6.07) is 17.1. The molecule has 0 aromatic heterocycles. The Morgan fingerprint density at radius 3 is 2.12 bits per heavy atom. The predicted molar refractivity (Wildman–Crippen MR) is 111 cm³/mol. The Morgan fingerprint density at radius 2 is 1.54 bits per heavy atom. The first-order valence-corrected chi connectivity index (χ1v) is 13.3. The van der Waals surface area contributed by atoms with E-state index in [1.807, 2.05) is 67.9 Å². The van der Waals surface area contributed by atoms with E-state index < -0.39 is 14.3 Å². The van der Waals surface area contributed by atoms with E-state index in [1.165, 1.54) is 0 Å². The molecule has 0 saturated carbocycles. The van der Waals surface area contributed by atoms with Gasteiger partial charge in [0, 0.05) is 21.6 Å². The number of methoxy groups -OCH3 is 1. The molecule has 0 spiro atoms. The fraction of sp³-hybridized carbons (Fsp3) is 0.333. The van der Waals surface area contributed by atoms with Crippen LogP contribution in [0.2, 0.25) is 0 Å². The summed E-state index contributed by atoms with van der Waals surface area (Å²) in [6.07, 6.45) is 4.81. The molecule has 5 heteroatoms. The normalized spacial score (nSPS) is 20.1. The highest BCUT2D eigenvalue weighted by Gasteiger charge is 2.41. The maximum absolute atomic E-state index is 14.6. The van der Waals surface area contributed by atoms with Crippen LogP contribution in [0, 0.1) is 0 Å². The summed E-state index contributed by atoms with van der Waals surface area (Å²) in [6.45, 7) is 3.64. The minimum Gasteiger partial charge on any atom is -0.497 e. The third-order valence-corrected chi connectivity index (χ3v) is 10.6. The third-order valence-electron chi connectivity index (χ3n) is 5.05. The summed E-state index contributed by atoms with van der Waals surface area (Å²) in [5, 5.41) is 2.45. The molecular formula is C21H26O3P2. The van der Waals surface area contributed by atoms with Crippen molar-refractivity contribution in [2.45, 2.75) is 24.9 Å². The molecule has 0 saturated heterocycles. The number of allylic oxidation sites excluding steroid dienone is 2. The van der Waals surface area contributed by atoms with Crippen LogP contribution in [-0.2, 0) is 9.13 Å². The highest BCUT2D eigenvalue weighted by atomic mass is 31.2. The van der Waals surface area contributed by atoms with Gasteiger partial charge in [0.15, 0.2) is 7.14 Å². The van der Waals surface area contributed by atoms with Gasteiger partial charge in [-0.1, -0.05) is 36.4 Å². The zero-order valence-electron chi connectivity index (χ0n) is 15.6. The fourth-order valence-electron chi connectivity index (χ4n) is 3.69. The SMILES string of the molecule is COc1ccc(P(=O)(C2=CCCCC2P(C)(C)=O)c2ccccc2)cc1. The van der Waals surface area contributed by atoms with Gasteiger partial charge in [-0.25, -0.2) is 0 Å². The van der Waals surface area contributed by atoms with E-state index in [-0.39, 0.29) is 5.66 Å². The Kier molecular flexibility index (Phi) is 5.61. The molecule has 3 rings (SSSR count). The molecule has 0 bridgehead atoms. The van der Waals surface area contributed by atoms with Gasteiger partial charge in [-0.05, 0) is 56.9 Å². The van der Waals surface area contributed by atoms with Crippen LogP contribution in [0.1, 0.15) is 19.3 Å². The van der Waals surface area contributed by atoms with Gasteiger partial charge in [0.25, 0.3) is 0 Å². The summed E-state index contributed by atoms with van der Waals surface area (Å²) < 4.78 is 32.9. The lowest BCUT2D eigenvalue weighted by Crippen LogP contribution is -2.25. The lowest BCUT2D eigenvalue weighted by atomic mass is 10.1. The molecule has 0 heterocycles. The smallest absolute Gasteiger partial charge is 0.167 e. The van der Waals surface area contributed by atoms with Crippen molar-refractivity contribution in [3.63, 3.8) is 0 Å². The van der Waals surface area contributed by atoms with Crippen molar-refractivity contribution in [1.29, 1.82) is 0 Å². The van der Waals surface area contributed by atoms with Crippen molar-refractivity contribution in [3.05, 3.63) is 66.0 Å². The van der Waals surface area contributed by atoms with Crippen LogP contribution in [0.4, 0.5) is 0 Å². The standard InChI is InChI=1S/C21H26O3P2/c1-24-17-13-15-19(16-14-17)26(23,18-9-5-4-6-10-18)21-12-8-7-11-20(21)25(2,3)22/h4-6,9-10,12-16,20H,7-8,11H2,1-3H3. The van der Waals surface area contributed by atoms with Gasteiger partial charge in [0.05, 0.1) is 14.3 Å². The molecule has 138 valence electrons. The number of rotatable bonds is 5. The summed E-state index contributed by atoms with van der Waals surface area (Å²) in [4.78, 5) is 0. The Morgan fingerprint density at radius 1 is 0.923 bits per heavy atom. The van der Waals surface area contributed by atoms with Gasteiger partial charge in [-0.3, -0.25) is 0 Å². The van der Waals surface area contributed by atoms with Crippen molar-refractivity contribution in [2.75, 3.05) is 20.4 Å². The minimum atomic E-state index is -3.05. The summed E-state index contributed by atoms with van der Waals surface area (Å²) in [5.41, 5.74) is -0.121. The molecule has 3 nitrogen and oxygen atoms in total. The van der Waals surface area contributed by atoms with Gasteiger partial charge < -0.3 is 13.9 Å². The van der Waals surface area contributed by atoms with Crippen LogP contribution in [0.15, 0.2) is 66.0 Å². The van der Waals surface area contributed by atoms with Gasteiger partial charge >= 0.3 is 0 Å². The second-order valence-electron chi connectivity index (χ2n) is 7.15. The second-order valence-corrected chi connectivity index (χ2v) is 13.4. The van der Waals surface area contributed by atoms with E-state index in [0.29, 0.717) is 0 Å². The van der Waals surface area contributed by atoms with Crippen molar-refractivity contribution in [2.24, 2.45) is 0 Å². The molecule has 2 aromatic carbocycles. The van der Waals surface area contributed by atoms with Crippen molar-refractivity contribution in [3.8, 4) is 5.75 Å². The Hall–Kier alpha value is -1.56. The lowest BCUT2D eigenvalue weighted by molar-refractivity contribution is 0.415. The monoisotopic (exact) mass is 388 g/mol. The molecule has 1 aliphatic rings. The van der Waals surface area contributed by atoms with E-state index >= 15 is 0 Å². The molecule has 26 heavy (non-hydrogen) atoms. The van der Waals surface area contributed by atoms with Crippen LogP contribution < -0.4 is 15.3 Å². The average Bonchev–Trinajstić information content (AvgIpc) is 2.67. The largest absolute Gasteiger partial charge is 0.497 e. The van der Waals surface area contributed by atoms with Crippen LogP contribution in [0.5, 0.6) is 5.75 Å². The highest BCUT2D eigenvalue weighted by Crippen LogP contribution is 2.63. The van der Waals surface area contributed by atoms with Gasteiger partial charge in [-0.2, -0.15) is 0 Å². The Bertz CT molecular complexity index is 879. The fourth-order valence-corrected chi connectivity index (χ4v) is 9.55. The van der Waals surface area contributed by atoms with Gasteiger partial charge in [0.2, 0.25) is 0 Å². The summed E-state index contributed by atoms with van der Waals surface area (Å²) in [5.74, 6) is 0.735. The molecule has 0 aliphatic heterocycles. The topological polar surface area (TPSA) is 43.4 Å². The van der Waals surface area contributed by atoms with E-state index in [4.69, 9.17) is 4.74 Å². The average molecular weight is 388 g/mol. The van der Waals surface area contributed by atoms with Gasteiger partial charge in [0.1, 0.15) is 5.75 Å². The second kappa shape index (κ2) is 7.59. The van der Waals surface area contributed by atoms with Crippen LogP contribution in [-0.4, -0.2) is 26.1 Å². The maximum Gasteiger partial charge on any atom is 0.167 e. The van der Waals surface area contributed by atoms with Crippen LogP contribution in [0.3, 0.4) is 0 Å². The molecule has 0 amide bonds. The van der Waals surface area contributed by atoms with E-state index in [9.17, 15) is 9.13 Å². The van der Waals surface area contributed by atoms with Crippen LogP contribution >= 0.6 is 14.3 Å². The molecule has 1 aliphatic carbocycles. The summed E-state index contributed by atoms with van der Waals surface area (Å²) >= 11 is 0. The van der Waals surface area contributed by atoms with Gasteiger partial charge in [-0.15, -0.1) is 0 Å². The molecule has 2 atom stereocenters.